The number of aromatic amines is 1. The second-order valence-electron chi connectivity index (χ2n) is 4.83. The Morgan fingerprint density at radius 2 is 1.78 bits per heavy atom. The third-order valence-corrected chi connectivity index (χ3v) is 3.48. The molecule has 0 fully saturated rings. The molecule has 0 bridgehead atoms. The molecular formula is C17H17N3O3. The van der Waals surface area contributed by atoms with Crippen molar-refractivity contribution in [2.75, 3.05) is 21.3 Å². The van der Waals surface area contributed by atoms with Crippen LogP contribution in [0, 0.1) is 0 Å². The SMILES string of the molecule is COc1cccc(C=Nc2n[nH]c3cc(OC)c(OC)cc23)c1. The Hall–Kier alpha value is -3.02. The van der Waals surface area contributed by atoms with E-state index in [2.05, 4.69) is 15.2 Å². The van der Waals surface area contributed by atoms with E-state index < -0.39 is 0 Å². The van der Waals surface area contributed by atoms with Crippen molar-refractivity contribution in [2.24, 2.45) is 4.99 Å². The van der Waals surface area contributed by atoms with Gasteiger partial charge in [-0.05, 0) is 23.8 Å². The molecule has 6 nitrogen and oxygen atoms in total. The number of ether oxygens (including phenoxy) is 3. The summed E-state index contributed by atoms with van der Waals surface area (Å²) in [5, 5.41) is 8.05. The van der Waals surface area contributed by atoms with Crippen LogP contribution in [0.3, 0.4) is 0 Å². The molecule has 23 heavy (non-hydrogen) atoms. The first-order chi connectivity index (χ1) is 11.2. The van der Waals surface area contributed by atoms with E-state index in [0.717, 1.165) is 22.2 Å². The highest BCUT2D eigenvalue weighted by Crippen LogP contribution is 2.34. The first-order valence-corrected chi connectivity index (χ1v) is 7.03. The number of methoxy groups -OCH3 is 3. The fraction of sp³-hybridized carbons (Fsp3) is 0.176. The molecule has 0 unspecified atom stereocenters. The number of aliphatic imine (C=N–C) groups is 1. The fourth-order valence-corrected chi connectivity index (χ4v) is 2.29. The number of H-pyrrole nitrogens is 1. The quantitative estimate of drug-likeness (QED) is 0.734. The van der Waals surface area contributed by atoms with Crippen molar-refractivity contribution < 1.29 is 14.2 Å². The number of fused-ring (bicyclic) bond motifs is 1. The van der Waals surface area contributed by atoms with Gasteiger partial charge in [0.2, 0.25) is 0 Å². The van der Waals surface area contributed by atoms with E-state index in [1.54, 1.807) is 27.5 Å². The number of benzene rings is 2. The highest BCUT2D eigenvalue weighted by atomic mass is 16.5. The Labute approximate surface area is 133 Å². The van der Waals surface area contributed by atoms with E-state index >= 15 is 0 Å². The number of hydrogen-bond acceptors (Lipinski definition) is 5. The summed E-state index contributed by atoms with van der Waals surface area (Å²) < 4.78 is 15.8. The highest BCUT2D eigenvalue weighted by Gasteiger charge is 2.11. The molecule has 0 atom stereocenters. The molecule has 2 aromatic carbocycles. The van der Waals surface area contributed by atoms with Crippen molar-refractivity contribution >= 4 is 22.9 Å². The van der Waals surface area contributed by atoms with Crippen LogP contribution in [0.1, 0.15) is 5.56 Å². The van der Waals surface area contributed by atoms with Gasteiger partial charge in [-0.1, -0.05) is 12.1 Å². The monoisotopic (exact) mass is 311 g/mol. The van der Waals surface area contributed by atoms with E-state index in [-0.39, 0.29) is 0 Å². The molecule has 0 aliphatic heterocycles. The zero-order chi connectivity index (χ0) is 16.2. The van der Waals surface area contributed by atoms with E-state index in [1.165, 1.54) is 0 Å². The minimum absolute atomic E-state index is 0.587. The molecule has 0 spiro atoms. The molecule has 1 heterocycles. The van der Waals surface area contributed by atoms with Crippen molar-refractivity contribution in [3.05, 3.63) is 42.0 Å². The maximum absolute atomic E-state index is 5.33. The molecule has 3 rings (SSSR count). The third-order valence-electron chi connectivity index (χ3n) is 3.48. The molecule has 0 saturated carbocycles. The summed E-state index contributed by atoms with van der Waals surface area (Å²) in [7, 11) is 4.84. The Morgan fingerprint density at radius 3 is 2.52 bits per heavy atom. The van der Waals surface area contributed by atoms with E-state index in [4.69, 9.17) is 14.2 Å². The van der Waals surface area contributed by atoms with Crippen LogP contribution >= 0.6 is 0 Å². The first-order valence-electron chi connectivity index (χ1n) is 7.03. The van der Waals surface area contributed by atoms with Gasteiger partial charge in [0, 0.05) is 17.7 Å². The van der Waals surface area contributed by atoms with Gasteiger partial charge in [-0.15, -0.1) is 0 Å². The van der Waals surface area contributed by atoms with Crippen LogP contribution in [0.25, 0.3) is 10.9 Å². The Kier molecular flexibility index (Phi) is 4.14. The lowest BCUT2D eigenvalue weighted by Crippen LogP contribution is -1.89. The van der Waals surface area contributed by atoms with Gasteiger partial charge in [0.15, 0.2) is 17.3 Å². The van der Waals surface area contributed by atoms with Crippen LogP contribution in [0.2, 0.25) is 0 Å². The smallest absolute Gasteiger partial charge is 0.181 e. The normalized spacial score (nSPS) is 11.1. The van der Waals surface area contributed by atoms with E-state index in [9.17, 15) is 0 Å². The molecule has 6 heteroatoms. The van der Waals surface area contributed by atoms with Crippen LogP contribution < -0.4 is 14.2 Å². The second-order valence-corrected chi connectivity index (χ2v) is 4.83. The summed E-state index contributed by atoms with van der Waals surface area (Å²) in [6.45, 7) is 0. The van der Waals surface area contributed by atoms with Crippen LogP contribution in [0.4, 0.5) is 5.82 Å². The van der Waals surface area contributed by atoms with Gasteiger partial charge in [0.25, 0.3) is 0 Å². The maximum Gasteiger partial charge on any atom is 0.181 e. The van der Waals surface area contributed by atoms with Gasteiger partial charge in [0.1, 0.15) is 5.75 Å². The van der Waals surface area contributed by atoms with Crippen LogP contribution in [0.15, 0.2) is 41.4 Å². The maximum atomic E-state index is 5.33. The summed E-state index contributed by atoms with van der Waals surface area (Å²) in [4.78, 5) is 4.45. The van der Waals surface area contributed by atoms with E-state index in [1.807, 2.05) is 36.4 Å². The lowest BCUT2D eigenvalue weighted by molar-refractivity contribution is 0.356. The second kappa shape index (κ2) is 6.39. The van der Waals surface area contributed by atoms with E-state index in [0.29, 0.717) is 17.3 Å². The van der Waals surface area contributed by atoms with Crippen molar-refractivity contribution in [1.82, 2.24) is 10.2 Å². The summed E-state index contributed by atoms with van der Waals surface area (Å²) in [5.41, 5.74) is 1.77. The van der Waals surface area contributed by atoms with Crippen LogP contribution in [-0.4, -0.2) is 37.7 Å². The van der Waals surface area contributed by atoms with Crippen molar-refractivity contribution in [3.8, 4) is 17.2 Å². The number of nitrogens with one attached hydrogen (secondary N) is 1. The minimum Gasteiger partial charge on any atom is -0.497 e. The third kappa shape index (κ3) is 2.96. The first kappa shape index (κ1) is 14.9. The minimum atomic E-state index is 0.587. The lowest BCUT2D eigenvalue weighted by atomic mass is 10.2. The summed E-state index contributed by atoms with van der Waals surface area (Å²) >= 11 is 0. The van der Waals surface area contributed by atoms with Crippen molar-refractivity contribution in [3.63, 3.8) is 0 Å². The van der Waals surface area contributed by atoms with Gasteiger partial charge in [-0.25, -0.2) is 4.99 Å². The van der Waals surface area contributed by atoms with Gasteiger partial charge >= 0.3 is 0 Å². The molecule has 0 saturated heterocycles. The molecular weight excluding hydrogens is 294 g/mol. The largest absolute Gasteiger partial charge is 0.497 e. The predicted molar refractivity (Wildman–Crippen MR) is 89.4 cm³/mol. The molecule has 0 aliphatic rings. The molecule has 0 amide bonds. The average molecular weight is 311 g/mol. The summed E-state index contributed by atoms with van der Waals surface area (Å²) in [6, 6.07) is 11.4. The highest BCUT2D eigenvalue weighted by molar-refractivity contribution is 5.94. The van der Waals surface area contributed by atoms with Crippen molar-refractivity contribution in [1.29, 1.82) is 0 Å². The number of rotatable bonds is 5. The van der Waals surface area contributed by atoms with Gasteiger partial charge in [-0.2, -0.15) is 5.10 Å². The standard InChI is InChI=1S/C17H17N3O3/c1-21-12-6-4-5-11(7-12)10-18-17-13-8-15(22-2)16(23-3)9-14(13)19-20-17/h4-10H,1-3H3,(H,19,20). The molecule has 1 N–H and O–H groups in total. The molecule has 118 valence electrons. The zero-order valence-electron chi connectivity index (χ0n) is 13.2. The number of aromatic nitrogens is 2. The Balaban J connectivity index is 1.98. The molecule has 1 aromatic heterocycles. The van der Waals surface area contributed by atoms with Crippen LogP contribution in [-0.2, 0) is 0 Å². The zero-order valence-corrected chi connectivity index (χ0v) is 13.2. The summed E-state index contributed by atoms with van der Waals surface area (Å²) in [6.07, 6.45) is 1.74. The Morgan fingerprint density at radius 1 is 1.00 bits per heavy atom. The molecule has 0 aliphatic carbocycles. The lowest BCUT2D eigenvalue weighted by Gasteiger charge is -2.06. The Bertz CT molecular complexity index is 855. The predicted octanol–water partition coefficient (Wildman–Crippen LogP) is 3.34. The topological polar surface area (TPSA) is 68.7 Å². The molecule has 3 aromatic rings. The number of nitrogens with zero attached hydrogens (tertiary/aromatic N) is 2. The van der Waals surface area contributed by atoms with Crippen molar-refractivity contribution in [2.45, 2.75) is 0 Å². The number of hydrogen-bond donors (Lipinski definition) is 1. The van der Waals surface area contributed by atoms with Gasteiger partial charge < -0.3 is 14.2 Å². The van der Waals surface area contributed by atoms with Gasteiger partial charge in [0.05, 0.1) is 26.8 Å². The average Bonchev–Trinajstić information content (AvgIpc) is 3.00. The van der Waals surface area contributed by atoms with Gasteiger partial charge in [-0.3, -0.25) is 5.10 Å². The van der Waals surface area contributed by atoms with Crippen LogP contribution in [0.5, 0.6) is 17.2 Å². The molecule has 0 radical (unpaired) electrons. The summed E-state index contributed by atoms with van der Waals surface area (Å²) in [5.74, 6) is 2.65. The fourth-order valence-electron chi connectivity index (χ4n) is 2.29.